The van der Waals surface area contributed by atoms with Gasteiger partial charge in [-0.25, -0.2) is 9.78 Å². The van der Waals surface area contributed by atoms with Gasteiger partial charge >= 0.3 is 5.69 Å². The zero-order valence-corrected chi connectivity index (χ0v) is 11.7. The smallest absolute Gasteiger partial charge is 0.251 e. The van der Waals surface area contributed by atoms with E-state index in [0.717, 1.165) is 0 Å². The summed E-state index contributed by atoms with van der Waals surface area (Å²) >= 11 is 1.49. The Morgan fingerprint density at radius 2 is 1.80 bits per heavy atom. The monoisotopic (exact) mass is 283 g/mol. The molecule has 0 unspecified atom stereocenters. The molecule has 3 rings (SSSR count). The first-order chi connectivity index (χ1) is 9.74. The maximum atomic E-state index is 11.9. The van der Waals surface area contributed by atoms with Crippen molar-refractivity contribution in [2.24, 2.45) is 0 Å². The van der Waals surface area contributed by atoms with Gasteiger partial charge in [0.2, 0.25) is 0 Å². The van der Waals surface area contributed by atoms with Crippen molar-refractivity contribution in [1.29, 1.82) is 0 Å². The number of pyridine rings is 1. The van der Waals surface area contributed by atoms with Gasteiger partial charge in [0, 0.05) is 11.4 Å². The van der Waals surface area contributed by atoms with E-state index in [1.807, 2.05) is 24.3 Å². The van der Waals surface area contributed by atoms with Crippen LogP contribution < -0.4 is 5.69 Å². The zero-order valence-electron chi connectivity index (χ0n) is 10.9. The van der Waals surface area contributed by atoms with E-state index in [1.54, 1.807) is 18.3 Å². The number of benzene rings is 1. The van der Waals surface area contributed by atoms with Gasteiger partial charge in [0.25, 0.3) is 0 Å². The van der Waals surface area contributed by atoms with Crippen LogP contribution in [0.4, 0.5) is 0 Å². The molecule has 100 valence electrons. The Hall–Kier alpha value is -2.14. The molecule has 0 N–H and O–H groups in total. The second-order valence-corrected chi connectivity index (χ2v) is 5.70. The van der Waals surface area contributed by atoms with Gasteiger partial charge in [0.15, 0.2) is 5.16 Å². The fraction of sp³-hybridized carbons (Fsp3) is 0.133. The molecule has 2 aromatic heterocycles. The van der Waals surface area contributed by atoms with E-state index < -0.39 is 0 Å². The Morgan fingerprint density at radius 3 is 2.60 bits per heavy atom. The predicted octanol–water partition coefficient (Wildman–Crippen LogP) is 2.94. The highest BCUT2D eigenvalue weighted by atomic mass is 32.2. The van der Waals surface area contributed by atoms with E-state index in [-0.39, 0.29) is 10.9 Å². The highest BCUT2D eigenvalue weighted by Crippen LogP contribution is 2.31. The summed E-state index contributed by atoms with van der Waals surface area (Å²) in [5, 5.41) is 0.708. The maximum Gasteiger partial charge on any atom is 0.355 e. The standard InChI is InChI=1S/C15H13N3OS/c1-11(12-7-3-2-4-8-12)20-14-16-13-9-5-6-10-18(13)15(19)17-14/h2-11H,1H3/t11-/m0/s1. The molecule has 0 bridgehead atoms. The molecule has 1 aromatic carbocycles. The molecule has 0 aliphatic heterocycles. The van der Waals surface area contributed by atoms with Crippen LogP contribution in [0.3, 0.4) is 0 Å². The Bertz CT molecular complexity index is 786. The molecule has 0 aliphatic rings. The minimum atomic E-state index is -0.293. The van der Waals surface area contributed by atoms with Crippen molar-refractivity contribution >= 4 is 17.4 Å². The van der Waals surface area contributed by atoms with Crippen molar-refractivity contribution in [1.82, 2.24) is 14.4 Å². The average molecular weight is 283 g/mol. The number of nitrogens with zero attached hydrogens (tertiary/aromatic N) is 3. The predicted molar refractivity (Wildman–Crippen MR) is 80.0 cm³/mol. The summed E-state index contributed by atoms with van der Waals surface area (Å²) in [6.45, 7) is 2.08. The van der Waals surface area contributed by atoms with Crippen molar-refractivity contribution in [2.45, 2.75) is 17.3 Å². The summed E-state index contributed by atoms with van der Waals surface area (Å²) in [5.74, 6) is 0. The van der Waals surface area contributed by atoms with Crippen LogP contribution in [0.2, 0.25) is 0 Å². The lowest BCUT2D eigenvalue weighted by Crippen LogP contribution is -2.18. The minimum Gasteiger partial charge on any atom is -0.251 e. The highest BCUT2D eigenvalue weighted by Gasteiger charge is 2.11. The van der Waals surface area contributed by atoms with Crippen molar-refractivity contribution in [3.63, 3.8) is 0 Å². The Balaban J connectivity index is 1.93. The second kappa shape index (κ2) is 5.46. The van der Waals surface area contributed by atoms with Crippen molar-refractivity contribution in [2.75, 3.05) is 0 Å². The van der Waals surface area contributed by atoms with Crippen LogP contribution in [0, 0.1) is 0 Å². The number of fused-ring (bicyclic) bond motifs is 1. The van der Waals surface area contributed by atoms with Gasteiger partial charge in [-0.05, 0) is 24.6 Å². The molecule has 0 amide bonds. The number of aromatic nitrogens is 3. The van der Waals surface area contributed by atoms with Crippen LogP contribution in [0.5, 0.6) is 0 Å². The van der Waals surface area contributed by atoms with E-state index in [1.165, 1.54) is 21.7 Å². The summed E-state index contributed by atoms with van der Waals surface area (Å²) in [7, 11) is 0. The summed E-state index contributed by atoms with van der Waals surface area (Å²) in [4.78, 5) is 20.4. The van der Waals surface area contributed by atoms with Crippen molar-refractivity contribution in [3.8, 4) is 0 Å². The quantitative estimate of drug-likeness (QED) is 0.693. The van der Waals surface area contributed by atoms with E-state index in [4.69, 9.17) is 0 Å². The van der Waals surface area contributed by atoms with E-state index in [0.29, 0.717) is 10.8 Å². The van der Waals surface area contributed by atoms with Crippen LogP contribution in [-0.4, -0.2) is 14.4 Å². The lowest BCUT2D eigenvalue weighted by molar-refractivity contribution is 0.843. The zero-order chi connectivity index (χ0) is 13.9. The molecule has 1 atom stereocenters. The Kier molecular flexibility index (Phi) is 3.52. The lowest BCUT2D eigenvalue weighted by Gasteiger charge is -2.10. The van der Waals surface area contributed by atoms with Gasteiger partial charge in [0.05, 0.1) is 0 Å². The first-order valence-electron chi connectivity index (χ1n) is 6.31. The van der Waals surface area contributed by atoms with E-state index in [2.05, 4.69) is 29.0 Å². The summed E-state index contributed by atoms with van der Waals surface area (Å²) < 4.78 is 1.44. The molecule has 0 saturated carbocycles. The molecule has 4 nitrogen and oxygen atoms in total. The third-order valence-corrected chi connectivity index (χ3v) is 4.02. The first kappa shape index (κ1) is 12.9. The molecule has 5 heteroatoms. The number of hydrogen-bond donors (Lipinski definition) is 0. The molecule has 0 radical (unpaired) electrons. The third-order valence-electron chi connectivity index (χ3n) is 3.00. The molecular weight excluding hydrogens is 270 g/mol. The average Bonchev–Trinajstić information content (AvgIpc) is 2.48. The van der Waals surface area contributed by atoms with Crippen LogP contribution in [-0.2, 0) is 0 Å². The summed E-state index contributed by atoms with van der Waals surface area (Å²) in [5.41, 5.74) is 1.52. The first-order valence-corrected chi connectivity index (χ1v) is 7.19. The molecular formula is C15H13N3OS. The van der Waals surface area contributed by atoms with E-state index in [9.17, 15) is 4.79 Å². The fourth-order valence-electron chi connectivity index (χ4n) is 1.95. The van der Waals surface area contributed by atoms with Crippen LogP contribution in [0.25, 0.3) is 5.65 Å². The van der Waals surface area contributed by atoms with Gasteiger partial charge in [-0.3, -0.25) is 4.40 Å². The summed E-state index contributed by atoms with van der Waals surface area (Å²) in [6.07, 6.45) is 1.67. The summed E-state index contributed by atoms with van der Waals surface area (Å²) in [6, 6.07) is 15.6. The Morgan fingerprint density at radius 1 is 1.05 bits per heavy atom. The second-order valence-electron chi connectivity index (χ2n) is 4.39. The highest BCUT2D eigenvalue weighted by molar-refractivity contribution is 7.99. The topological polar surface area (TPSA) is 47.3 Å². The van der Waals surface area contributed by atoms with Crippen LogP contribution in [0.15, 0.2) is 64.7 Å². The van der Waals surface area contributed by atoms with Gasteiger partial charge in [0.1, 0.15) is 5.65 Å². The number of thioether (sulfide) groups is 1. The minimum absolute atomic E-state index is 0.196. The molecule has 0 saturated heterocycles. The molecule has 20 heavy (non-hydrogen) atoms. The van der Waals surface area contributed by atoms with Gasteiger partial charge in [-0.1, -0.05) is 48.2 Å². The van der Waals surface area contributed by atoms with Crippen molar-refractivity contribution in [3.05, 3.63) is 70.8 Å². The molecule has 0 spiro atoms. The van der Waals surface area contributed by atoms with Gasteiger partial charge in [-0.2, -0.15) is 4.98 Å². The normalized spacial score (nSPS) is 12.4. The third kappa shape index (κ3) is 2.58. The molecule has 3 aromatic rings. The fourth-order valence-corrected chi connectivity index (χ4v) is 2.84. The van der Waals surface area contributed by atoms with Crippen LogP contribution >= 0.6 is 11.8 Å². The molecule has 2 heterocycles. The number of rotatable bonds is 3. The van der Waals surface area contributed by atoms with Crippen molar-refractivity contribution < 1.29 is 0 Å². The number of hydrogen-bond acceptors (Lipinski definition) is 4. The molecule has 0 aliphatic carbocycles. The maximum absolute atomic E-state index is 11.9. The SMILES string of the molecule is C[C@H](Sc1nc(=O)n2ccccc2n1)c1ccccc1. The van der Waals surface area contributed by atoms with Crippen LogP contribution in [0.1, 0.15) is 17.7 Å². The Labute approximate surface area is 120 Å². The van der Waals surface area contributed by atoms with Gasteiger partial charge < -0.3 is 0 Å². The van der Waals surface area contributed by atoms with E-state index >= 15 is 0 Å². The lowest BCUT2D eigenvalue weighted by atomic mass is 10.2. The molecule has 0 fully saturated rings. The largest absolute Gasteiger partial charge is 0.355 e. The van der Waals surface area contributed by atoms with Gasteiger partial charge in [-0.15, -0.1) is 0 Å².